The zero-order chi connectivity index (χ0) is 16.0. The van der Waals surface area contributed by atoms with E-state index in [-0.39, 0.29) is 5.41 Å². The second kappa shape index (κ2) is 5.03. The van der Waals surface area contributed by atoms with Crippen molar-refractivity contribution in [2.75, 3.05) is 11.4 Å². The molecule has 0 unspecified atom stereocenters. The van der Waals surface area contributed by atoms with Crippen LogP contribution in [-0.2, 0) is 10.2 Å². The molecule has 0 spiro atoms. The largest absolute Gasteiger partial charge is 0.443 e. The van der Waals surface area contributed by atoms with Crippen molar-refractivity contribution in [3.63, 3.8) is 0 Å². The average molecular weight is 351 g/mol. The maximum Gasteiger partial charge on any atom is 0.414 e. The Morgan fingerprint density at radius 2 is 2.05 bits per heavy atom. The third kappa shape index (κ3) is 3.06. The number of benzene rings is 1. The van der Waals surface area contributed by atoms with Crippen molar-refractivity contribution in [1.82, 2.24) is 0 Å². The second-order valence-electron chi connectivity index (χ2n) is 6.91. The van der Waals surface area contributed by atoms with Gasteiger partial charge in [0.1, 0.15) is 11.7 Å². The molecule has 1 aliphatic rings. The van der Waals surface area contributed by atoms with E-state index in [1.807, 2.05) is 26.8 Å². The molecule has 1 heterocycles. The van der Waals surface area contributed by atoms with Crippen LogP contribution in [0.15, 0.2) is 16.6 Å². The molecule has 0 saturated heterocycles. The van der Waals surface area contributed by atoms with Gasteiger partial charge in [0.15, 0.2) is 0 Å². The standard InChI is InChI=1S/C16H19BrN2O2/c1-15(2,3)21-14(20)19-9-16(4,5)12-7-11(17)6-10(8-18)13(12)19/h6-7H,9H2,1-5H3. The molecular formula is C16H19BrN2O2. The van der Waals surface area contributed by atoms with Gasteiger partial charge in [0.2, 0.25) is 0 Å². The van der Waals surface area contributed by atoms with Gasteiger partial charge in [-0.1, -0.05) is 29.8 Å². The summed E-state index contributed by atoms with van der Waals surface area (Å²) in [6, 6.07) is 5.88. The minimum absolute atomic E-state index is 0.221. The number of halogens is 1. The molecule has 1 aliphatic heterocycles. The van der Waals surface area contributed by atoms with Crippen molar-refractivity contribution in [1.29, 1.82) is 5.26 Å². The first kappa shape index (κ1) is 15.8. The van der Waals surface area contributed by atoms with Gasteiger partial charge in [-0.3, -0.25) is 4.90 Å². The molecule has 21 heavy (non-hydrogen) atoms. The van der Waals surface area contributed by atoms with Gasteiger partial charge in [-0.25, -0.2) is 4.79 Å². The maximum absolute atomic E-state index is 12.4. The molecule has 2 rings (SSSR count). The third-order valence-electron chi connectivity index (χ3n) is 3.36. The molecule has 112 valence electrons. The van der Waals surface area contributed by atoms with E-state index in [0.717, 1.165) is 10.0 Å². The molecule has 0 N–H and O–H groups in total. The second-order valence-corrected chi connectivity index (χ2v) is 7.83. The fourth-order valence-corrected chi connectivity index (χ4v) is 2.98. The lowest BCUT2D eigenvalue weighted by Crippen LogP contribution is -2.38. The molecule has 5 heteroatoms. The van der Waals surface area contributed by atoms with Crippen molar-refractivity contribution in [2.24, 2.45) is 0 Å². The minimum atomic E-state index is -0.563. The maximum atomic E-state index is 12.4. The molecule has 0 aliphatic carbocycles. The molecule has 1 amide bonds. The normalized spacial score (nSPS) is 16.3. The van der Waals surface area contributed by atoms with Crippen molar-refractivity contribution in [3.05, 3.63) is 27.7 Å². The Kier molecular flexibility index (Phi) is 3.79. The van der Waals surface area contributed by atoms with Crippen LogP contribution < -0.4 is 4.90 Å². The van der Waals surface area contributed by atoms with Crippen molar-refractivity contribution in [3.8, 4) is 6.07 Å². The Morgan fingerprint density at radius 3 is 2.57 bits per heavy atom. The molecular weight excluding hydrogens is 332 g/mol. The van der Waals surface area contributed by atoms with Gasteiger partial charge in [-0.15, -0.1) is 0 Å². The summed E-state index contributed by atoms with van der Waals surface area (Å²) >= 11 is 3.43. The summed E-state index contributed by atoms with van der Waals surface area (Å²) in [5.41, 5.74) is 1.35. The number of amides is 1. The van der Waals surface area contributed by atoms with E-state index in [1.165, 1.54) is 0 Å². The van der Waals surface area contributed by atoms with Crippen LogP contribution in [0.2, 0.25) is 0 Å². The van der Waals surface area contributed by atoms with Crippen LogP contribution in [0, 0.1) is 11.3 Å². The summed E-state index contributed by atoms with van der Waals surface area (Å²) in [5.74, 6) is 0. The van der Waals surface area contributed by atoms with Crippen molar-refractivity contribution in [2.45, 2.75) is 45.6 Å². The Morgan fingerprint density at radius 1 is 1.43 bits per heavy atom. The first-order valence-electron chi connectivity index (χ1n) is 6.80. The molecule has 1 aromatic rings. The van der Waals surface area contributed by atoms with Gasteiger partial charge in [-0.2, -0.15) is 5.26 Å². The van der Waals surface area contributed by atoms with E-state index in [0.29, 0.717) is 17.8 Å². The zero-order valence-corrected chi connectivity index (χ0v) is 14.5. The Hall–Kier alpha value is -1.54. The lowest BCUT2D eigenvalue weighted by molar-refractivity contribution is 0.0579. The Bertz CT molecular complexity index is 639. The van der Waals surface area contributed by atoms with Crippen LogP contribution in [0.3, 0.4) is 0 Å². The van der Waals surface area contributed by atoms with Gasteiger partial charge >= 0.3 is 6.09 Å². The van der Waals surface area contributed by atoms with Gasteiger partial charge in [0, 0.05) is 16.4 Å². The number of nitriles is 1. The van der Waals surface area contributed by atoms with Crippen LogP contribution >= 0.6 is 15.9 Å². The highest BCUT2D eigenvalue weighted by atomic mass is 79.9. The highest BCUT2D eigenvalue weighted by Crippen LogP contribution is 2.44. The number of ether oxygens (including phenoxy) is 1. The van der Waals surface area contributed by atoms with Crippen LogP contribution in [0.1, 0.15) is 45.7 Å². The van der Waals surface area contributed by atoms with Crippen LogP contribution in [0.25, 0.3) is 0 Å². The molecule has 1 aromatic carbocycles. The molecule has 0 radical (unpaired) electrons. The number of rotatable bonds is 0. The first-order valence-corrected chi connectivity index (χ1v) is 7.59. The summed E-state index contributed by atoms with van der Waals surface area (Å²) in [6.07, 6.45) is -0.409. The Labute approximate surface area is 133 Å². The number of carbonyl (C=O) groups is 1. The predicted octanol–water partition coefficient (Wildman–Crippen LogP) is 4.35. The van der Waals surface area contributed by atoms with E-state index in [9.17, 15) is 10.1 Å². The average Bonchev–Trinajstić information content (AvgIpc) is 2.59. The van der Waals surface area contributed by atoms with E-state index in [1.54, 1.807) is 11.0 Å². The quantitative estimate of drug-likeness (QED) is 0.698. The monoisotopic (exact) mass is 350 g/mol. The first-order chi connectivity index (χ1) is 9.55. The van der Waals surface area contributed by atoms with Crippen molar-refractivity contribution < 1.29 is 9.53 Å². The van der Waals surface area contributed by atoms with Crippen LogP contribution in [0.5, 0.6) is 0 Å². The van der Waals surface area contributed by atoms with Crippen LogP contribution in [-0.4, -0.2) is 18.2 Å². The molecule has 0 atom stereocenters. The molecule has 0 fully saturated rings. The molecule has 0 aromatic heterocycles. The lowest BCUT2D eigenvalue weighted by Gasteiger charge is -2.26. The summed E-state index contributed by atoms with van der Waals surface area (Å²) in [4.78, 5) is 14.0. The number of nitrogens with zero attached hydrogens (tertiary/aromatic N) is 2. The zero-order valence-electron chi connectivity index (χ0n) is 13.0. The van der Waals surface area contributed by atoms with Crippen molar-refractivity contribution >= 4 is 27.7 Å². The smallest absolute Gasteiger partial charge is 0.414 e. The van der Waals surface area contributed by atoms with Crippen LogP contribution in [0.4, 0.5) is 10.5 Å². The summed E-state index contributed by atoms with van der Waals surface area (Å²) in [7, 11) is 0. The van der Waals surface area contributed by atoms with Gasteiger partial charge < -0.3 is 4.74 Å². The topological polar surface area (TPSA) is 53.3 Å². The molecule has 0 saturated carbocycles. The fraction of sp³-hybridized carbons (Fsp3) is 0.500. The van der Waals surface area contributed by atoms with Gasteiger partial charge in [-0.05, 0) is 38.5 Å². The summed E-state index contributed by atoms with van der Waals surface area (Å²) in [6.45, 7) is 10.1. The number of fused-ring (bicyclic) bond motifs is 1. The number of hydrogen-bond donors (Lipinski definition) is 0. The van der Waals surface area contributed by atoms with E-state index < -0.39 is 11.7 Å². The van der Waals surface area contributed by atoms with Gasteiger partial charge in [0.25, 0.3) is 0 Å². The summed E-state index contributed by atoms with van der Waals surface area (Å²) in [5, 5.41) is 9.38. The highest BCUT2D eigenvalue weighted by molar-refractivity contribution is 9.10. The predicted molar refractivity (Wildman–Crippen MR) is 85.5 cm³/mol. The SMILES string of the molecule is CC(C)(C)OC(=O)N1CC(C)(C)c2cc(Br)cc(C#N)c21. The lowest BCUT2D eigenvalue weighted by atomic mass is 9.86. The molecule has 4 nitrogen and oxygen atoms in total. The van der Waals surface area contributed by atoms with E-state index in [2.05, 4.69) is 35.8 Å². The van der Waals surface area contributed by atoms with E-state index >= 15 is 0 Å². The number of hydrogen-bond acceptors (Lipinski definition) is 3. The molecule has 0 bridgehead atoms. The van der Waals surface area contributed by atoms with E-state index in [4.69, 9.17) is 4.74 Å². The Balaban J connectivity index is 2.53. The number of carbonyl (C=O) groups excluding carboxylic acids is 1. The third-order valence-corrected chi connectivity index (χ3v) is 3.82. The highest BCUT2D eigenvalue weighted by Gasteiger charge is 2.41. The minimum Gasteiger partial charge on any atom is -0.443 e. The fourth-order valence-electron chi connectivity index (χ4n) is 2.52. The van der Waals surface area contributed by atoms with Gasteiger partial charge in [0.05, 0.1) is 11.3 Å². The summed E-state index contributed by atoms with van der Waals surface area (Å²) < 4.78 is 6.31. The number of anilines is 1.